The molecule has 6 heteroatoms. The Labute approximate surface area is 158 Å². The third-order valence-corrected chi connectivity index (χ3v) is 6.59. The monoisotopic (exact) mass is 376 g/mol. The number of hydrogen-bond donors (Lipinski definition) is 2. The minimum atomic E-state index is -0.793. The van der Waals surface area contributed by atoms with Gasteiger partial charge < -0.3 is 10.6 Å². The Morgan fingerprint density at radius 2 is 1.67 bits per heavy atom. The first-order valence-electron chi connectivity index (χ1n) is 9.97. The van der Waals surface area contributed by atoms with Crippen LogP contribution in [0.15, 0.2) is 18.2 Å². The third-order valence-electron chi connectivity index (χ3n) is 6.59. The normalized spacial score (nSPS) is 31.0. The van der Waals surface area contributed by atoms with Crippen LogP contribution in [0.2, 0.25) is 0 Å². The van der Waals surface area contributed by atoms with E-state index in [9.17, 15) is 18.4 Å². The summed E-state index contributed by atoms with van der Waals surface area (Å²) in [6.07, 6.45) is 7.64. The average molecular weight is 376 g/mol. The lowest BCUT2D eigenvalue weighted by Gasteiger charge is -2.55. The molecule has 4 saturated carbocycles. The Hall–Kier alpha value is -1.98. The maximum Gasteiger partial charge on any atom is 0.226 e. The van der Waals surface area contributed by atoms with Crippen LogP contribution < -0.4 is 10.6 Å². The van der Waals surface area contributed by atoms with Crippen molar-refractivity contribution >= 4 is 17.5 Å². The molecular weight excluding hydrogens is 350 g/mol. The zero-order chi connectivity index (χ0) is 19.0. The molecule has 0 spiro atoms. The number of carbonyl (C=O) groups excluding carboxylic acids is 2. The SMILES string of the molecule is O=C(CCCNC(=O)C12CC3CC(CC(C3)C1)C2)Nc1ccc(F)cc1F. The molecule has 1 aromatic carbocycles. The third kappa shape index (κ3) is 3.85. The van der Waals surface area contributed by atoms with Crippen molar-refractivity contribution in [1.29, 1.82) is 0 Å². The van der Waals surface area contributed by atoms with Crippen LogP contribution in [0.4, 0.5) is 14.5 Å². The van der Waals surface area contributed by atoms with E-state index in [2.05, 4.69) is 10.6 Å². The van der Waals surface area contributed by atoms with Gasteiger partial charge in [0, 0.05) is 24.4 Å². The molecule has 0 unspecified atom stereocenters. The summed E-state index contributed by atoms with van der Waals surface area (Å²) in [7, 11) is 0. The van der Waals surface area contributed by atoms with Gasteiger partial charge in [-0.25, -0.2) is 8.78 Å². The van der Waals surface area contributed by atoms with Crippen molar-refractivity contribution < 1.29 is 18.4 Å². The quantitative estimate of drug-likeness (QED) is 0.737. The van der Waals surface area contributed by atoms with Gasteiger partial charge in [0.25, 0.3) is 0 Å². The van der Waals surface area contributed by atoms with Gasteiger partial charge in [-0.1, -0.05) is 0 Å². The lowest BCUT2D eigenvalue weighted by atomic mass is 9.49. The van der Waals surface area contributed by atoms with Crippen LogP contribution >= 0.6 is 0 Å². The maximum atomic E-state index is 13.6. The minimum Gasteiger partial charge on any atom is -0.356 e. The van der Waals surface area contributed by atoms with Crippen molar-refractivity contribution in [3.8, 4) is 0 Å². The van der Waals surface area contributed by atoms with Crippen molar-refractivity contribution in [3.63, 3.8) is 0 Å². The summed E-state index contributed by atoms with van der Waals surface area (Å²) in [6.45, 7) is 0.444. The summed E-state index contributed by atoms with van der Waals surface area (Å²) in [4.78, 5) is 24.7. The van der Waals surface area contributed by atoms with E-state index >= 15 is 0 Å². The molecule has 4 nitrogen and oxygen atoms in total. The lowest BCUT2D eigenvalue weighted by Crippen LogP contribution is -2.53. The maximum absolute atomic E-state index is 13.6. The molecule has 146 valence electrons. The van der Waals surface area contributed by atoms with Gasteiger partial charge in [-0.05, 0) is 74.8 Å². The first-order chi connectivity index (χ1) is 12.9. The summed E-state index contributed by atoms with van der Waals surface area (Å²) in [5.74, 6) is 0.502. The summed E-state index contributed by atoms with van der Waals surface area (Å²) in [6, 6.07) is 3.04. The Balaban J connectivity index is 1.22. The van der Waals surface area contributed by atoms with Gasteiger partial charge in [0.05, 0.1) is 5.69 Å². The second kappa shape index (κ2) is 7.21. The molecule has 27 heavy (non-hydrogen) atoms. The van der Waals surface area contributed by atoms with E-state index in [4.69, 9.17) is 0 Å². The fourth-order valence-corrected chi connectivity index (χ4v) is 5.83. The zero-order valence-corrected chi connectivity index (χ0v) is 15.4. The van der Waals surface area contributed by atoms with Crippen molar-refractivity contribution in [3.05, 3.63) is 29.8 Å². The molecule has 2 amide bonds. The highest BCUT2D eigenvalue weighted by Crippen LogP contribution is 2.60. The number of amides is 2. The van der Waals surface area contributed by atoms with Gasteiger partial charge >= 0.3 is 0 Å². The van der Waals surface area contributed by atoms with E-state index in [1.165, 1.54) is 25.3 Å². The van der Waals surface area contributed by atoms with E-state index in [0.29, 0.717) is 13.0 Å². The summed E-state index contributed by atoms with van der Waals surface area (Å²) < 4.78 is 26.4. The van der Waals surface area contributed by atoms with Crippen molar-refractivity contribution in [2.24, 2.45) is 23.2 Å². The lowest BCUT2D eigenvalue weighted by molar-refractivity contribution is -0.146. The predicted molar refractivity (Wildman–Crippen MR) is 97.8 cm³/mol. The van der Waals surface area contributed by atoms with Crippen LogP contribution in [0.5, 0.6) is 0 Å². The Morgan fingerprint density at radius 3 is 2.26 bits per heavy atom. The predicted octanol–water partition coefficient (Wildman–Crippen LogP) is 4.02. The number of carbonyl (C=O) groups is 2. The number of rotatable bonds is 6. The molecule has 0 saturated heterocycles. The number of nitrogens with one attached hydrogen (secondary N) is 2. The smallest absolute Gasteiger partial charge is 0.226 e. The average Bonchev–Trinajstić information content (AvgIpc) is 2.60. The van der Waals surface area contributed by atoms with E-state index in [1.54, 1.807) is 0 Å². The topological polar surface area (TPSA) is 58.2 Å². The molecule has 4 bridgehead atoms. The number of halogens is 2. The molecule has 4 aliphatic rings. The molecule has 4 fully saturated rings. The van der Waals surface area contributed by atoms with Gasteiger partial charge in [-0.3, -0.25) is 9.59 Å². The molecule has 4 aliphatic carbocycles. The van der Waals surface area contributed by atoms with Crippen LogP contribution in [0.1, 0.15) is 51.4 Å². The van der Waals surface area contributed by atoms with Crippen LogP contribution in [0.3, 0.4) is 0 Å². The van der Waals surface area contributed by atoms with E-state index < -0.39 is 11.6 Å². The van der Waals surface area contributed by atoms with Gasteiger partial charge in [0.15, 0.2) is 0 Å². The molecule has 0 aromatic heterocycles. The van der Waals surface area contributed by atoms with Crippen LogP contribution in [0.25, 0.3) is 0 Å². The molecule has 0 radical (unpaired) electrons. The Kier molecular flexibility index (Phi) is 4.91. The second-order valence-corrected chi connectivity index (χ2v) is 8.73. The van der Waals surface area contributed by atoms with Crippen molar-refractivity contribution in [1.82, 2.24) is 5.32 Å². The molecule has 5 rings (SSSR count). The Bertz CT molecular complexity index is 714. The summed E-state index contributed by atoms with van der Waals surface area (Å²) in [5.41, 5.74) is -0.201. The van der Waals surface area contributed by atoms with Gasteiger partial charge in [0.2, 0.25) is 11.8 Å². The van der Waals surface area contributed by atoms with E-state index in [1.807, 2.05) is 0 Å². The van der Waals surface area contributed by atoms with Crippen LogP contribution in [-0.2, 0) is 9.59 Å². The largest absolute Gasteiger partial charge is 0.356 e. The number of hydrogen-bond acceptors (Lipinski definition) is 2. The van der Waals surface area contributed by atoms with Crippen LogP contribution in [0, 0.1) is 34.8 Å². The van der Waals surface area contributed by atoms with Gasteiger partial charge in [0.1, 0.15) is 11.6 Å². The van der Waals surface area contributed by atoms with Crippen LogP contribution in [-0.4, -0.2) is 18.4 Å². The van der Waals surface area contributed by atoms with Crippen molar-refractivity contribution in [2.75, 3.05) is 11.9 Å². The highest BCUT2D eigenvalue weighted by molar-refractivity contribution is 5.90. The first kappa shape index (κ1) is 18.4. The van der Waals surface area contributed by atoms with E-state index in [-0.39, 0.29) is 29.3 Å². The standard InChI is InChI=1S/C21H26F2N2O2/c22-16-3-4-18(17(23)9-16)25-19(26)2-1-5-24-20(27)21-10-13-6-14(11-21)8-15(7-13)12-21/h3-4,9,13-15H,1-2,5-8,10-12H2,(H,24,27)(H,25,26). The highest BCUT2D eigenvalue weighted by atomic mass is 19.1. The molecule has 0 heterocycles. The number of benzene rings is 1. The molecular formula is C21H26F2N2O2. The molecule has 0 atom stereocenters. The zero-order valence-electron chi connectivity index (χ0n) is 15.4. The van der Waals surface area contributed by atoms with Gasteiger partial charge in [-0.2, -0.15) is 0 Å². The Morgan fingerprint density at radius 1 is 1.04 bits per heavy atom. The highest BCUT2D eigenvalue weighted by Gasteiger charge is 2.54. The summed E-state index contributed by atoms with van der Waals surface area (Å²) >= 11 is 0. The first-order valence-corrected chi connectivity index (χ1v) is 9.97. The second-order valence-electron chi connectivity index (χ2n) is 8.73. The fraction of sp³-hybridized carbons (Fsp3) is 0.619. The molecule has 0 aliphatic heterocycles. The minimum absolute atomic E-state index is 0.0287. The fourth-order valence-electron chi connectivity index (χ4n) is 5.83. The van der Waals surface area contributed by atoms with Gasteiger partial charge in [-0.15, -0.1) is 0 Å². The summed E-state index contributed by atoms with van der Waals surface area (Å²) in [5, 5.41) is 5.48. The number of anilines is 1. The van der Waals surface area contributed by atoms with Crippen molar-refractivity contribution in [2.45, 2.75) is 51.4 Å². The molecule has 1 aromatic rings. The van der Waals surface area contributed by atoms with E-state index in [0.717, 1.165) is 49.1 Å². The molecule has 2 N–H and O–H groups in total.